The molecule has 3 aliphatic rings. The molecule has 1 aromatic carbocycles. The van der Waals surface area contributed by atoms with Crippen molar-refractivity contribution in [1.29, 1.82) is 0 Å². The lowest BCUT2D eigenvalue weighted by atomic mass is 9.94. The van der Waals surface area contributed by atoms with Gasteiger partial charge in [0, 0.05) is 18.8 Å². The normalized spacial score (nSPS) is 25.8. The molecule has 1 amide bonds. The van der Waals surface area contributed by atoms with Gasteiger partial charge in [-0.05, 0) is 55.0 Å². The number of nitrogens with zero attached hydrogens (tertiary/aromatic N) is 3. The average Bonchev–Trinajstić information content (AvgIpc) is 3.27. The van der Waals surface area contributed by atoms with Crippen molar-refractivity contribution in [1.82, 2.24) is 14.4 Å². The highest BCUT2D eigenvalue weighted by Crippen LogP contribution is 2.48. The van der Waals surface area contributed by atoms with E-state index in [9.17, 15) is 9.59 Å². The van der Waals surface area contributed by atoms with E-state index in [0.717, 1.165) is 30.6 Å². The summed E-state index contributed by atoms with van der Waals surface area (Å²) in [5.41, 5.74) is 1.87. The second kappa shape index (κ2) is 6.32. The van der Waals surface area contributed by atoms with E-state index >= 15 is 0 Å². The molecular formula is C21H22IN3O3. The van der Waals surface area contributed by atoms with E-state index in [1.165, 1.54) is 0 Å². The minimum Gasteiger partial charge on any atom is -0.483 e. The lowest BCUT2D eigenvalue weighted by molar-refractivity contribution is -0.0103. The average molecular weight is 491 g/mol. The Morgan fingerprint density at radius 1 is 1.21 bits per heavy atom. The van der Waals surface area contributed by atoms with Crippen molar-refractivity contribution in [3.63, 3.8) is 0 Å². The Balaban J connectivity index is 1.67. The van der Waals surface area contributed by atoms with E-state index in [4.69, 9.17) is 4.74 Å². The van der Waals surface area contributed by atoms with Gasteiger partial charge in [-0.2, -0.15) is 0 Å². The van der Waals surface area contributed by atoms with Gasteiger partial charge in [-0.25, -0.2) is 0 Å². The van der Waals surface area contributed by atoms with Crippen LogP contribution in [0.15, 0.2) is 35.1 Å². The Kier molecular flexibility index (Phi) is 4.10. The van der Waals surface area contributed by atoms with E-state index in [1.807, 2.05) is 35.2 Å². The van der Waals surface area contributed by atoms with Crippen LogP contribution in [-0.4, -0.2) is 46.1 Å². The molecule has 28 heavy (non-hydrogen) atoms. The van der Waals surface area contributed by atoms with Crippen LogP contribution in [0.4, 0.5) is 0 Å². The third kappa shape index (κ3) is 2.29. The monoisotopic (exact) mass is 491 g/mol. The van der Waals surface area contributed by atoms with Crippen LogP contribution in [0.5, 0.6) is 5.75 Å². The third-order valence-electron chi connectivity index (χ3n) is 6.66. The maximum Gasteiger partial charge on any atom is 0.276 e. The molecule has 6 nitrogen and oxygen atoms in total. The highest BCUT2D eigenvalue weighted by molar-refractivity contribution is 14.1. The number of benzene rings is 1. The number of likely N-dealkylation sites (N-methyl/N-ethyl adjacent to an activating group) is 1. The van der Waals surface area contributed by atoms with Crippen LogP contribution in [0.3, 0.4) is 0 Å². The molecule has 0 saturated carbocycles. The maximum absolute atomic E-state index is 13.5. The Bertz CT molecular complexity index is 1040. The predicted molar refractivity (Wildman–Crippen MR) is 114 cm³/mol. The van der Waals surface area contributed by atoms with Crippen molar-refractivity contribution in [2.24, 2.45) is 0 Å². The number of hydrogen-bond acceptors (Lipinski definition) is 4. The number of carbonyl (C=O) groups excluding carboxylic acids is 1. The van der Waals surface area contributed by atoms with Crippen molar-refractivity contribution in [3.05, 3.63) is 61.1 Å². The Morgan fingerprint density at radius 2 is 1.96 bits per heavy atom. The van der Waals surface area contributed by atoms with Crippen LogP contribution >= 0.6 is 22.6 Å². The zero-order valence-electron chi connectivity index (χ0n) is 15.9. The first-order valence-corrected chi connectivity index (χ1v) is 10.7. The molecule has 0 radical (unpaired) electrons. The van der Waals surface area contributed by atoms with Crippen molar-refractivity contribution in [2.45, 2.75) is 38.1 Å². The number of ether oxygens (including phenoxy) is 1. The molecule has 2 aromatic rings. The van der Waals surface area contributed by atoms with Gasteiger partial charge in [0.1, 0.15) is 12.3 Å². The van der Waals surface area contributed by atoms with E-state index in [2.05, 4.69) is 46.0 Å². The van der Waals surface area contributed by atoms with Gasteiger partial charge in [0.25, 0.3) is 5.91 Å². The Morgan fingerprint density at radius 3 is 2.71 bits per heavy atom. The summed E-state index contributed by atoms with van der Waals surface area (Å²) < 4.78 is 8.81. The summed E-state index contributed by atoms with van der Waals surface area (Å²) in [7, 11) is 2.08. The fourth-order valence-electron chi connectivity index (χ4n) is 5.02. The van der Waals surface area contributed by atoms with Crippen LogP contribution in [-0.2, 0) is 13.0 Å². The molecule has 2 unspecified atom stereocenters. The molecule has 1 fully saturated rings. The molecule has 146 valence electrons. The van der Waals surface area contributed by atoms with Crippen LogP contribution < -0.4 is 10.2 Å². The minimum absolute atomic E-state index is 0.0946. The number of amides is 1. The van der Waals surface area contributed by atoms with Gasteiger partial charge < -0.3 is 14.2 Å². The number of rotatable bonds is 3. The maximum atomic E-state index is 13.5. The summed E-state index contributed by atoms with van der Waals surface area (Å²) in [6.07, 6.45) is 1.74. The third-order valence-corrected chi connectivity index (χ3v) is 7.77. The van der Waals surface area contributed by atoms with Crippen LogP contribution in [0.25, 0.3) is 0 Å². The Hall–Kier alpha value is -1.87. The summed E-state index contributed by atoms with van der Waals surface area (Å²) in [5.74, 6) is 0.105. The first-order valence-electron chi connectivity index (χ1n) is 9.61. The molecule has 7 heteroatoms. The van der Waals surface area contributed by atoms with Crippen molar-refractivity contribution >= 4 is 28.5 Å². The first kappa shape index (κ1) is 18.2. The minimum atomic E-state index is -0.357. The molecular weight excluding hydrogens is 469 g/mol. The first-order chi connectivity index (χ1) is 13.4. The molecule has 5 rings (SSSR count). The van der Waals surface area contributed by atoms with E-state index in [1.54, 1.807) is 0 Å². The smallest absolute Gasteiger partial charge is 0.276 e. The molecule has 0 spiro atoms. The molecule has 4 heterocycles. The lowest BCUT2D eigenvalue weighted by Crippen LogP contribution is -2.61. The van der Waals surface area contributed by atoms with Gasteiger partial charge in [-0.3, -0.25) is 14.5 Å². The number of aromatic nitrogens is 1. The van der Waals surface area contributed by atoms with Gasteiger partial charge >= 0.3 is 0 Å². The summed E-state index contributed by atoms with van der Waals surface area (Å²) in [6, 6.07) is 9.87. The predicted octanol–water partition coefficient (Wildman–Crippen LogP) is 2.64. The van der Waals surface area contributed by atoms with Crippen LogP contribution in [0, 0.1) is 3.57 Å². The van der Waals surface area contributed by atoms with Gasteiger partial charge in [0.05, 0.1) is 9.61 Å². The SMILES string of the molecule is CN1CCN2C(=O)c3c(OCc4ccccc4)c(=O)c(I)c4n3C(CC4)C12C. The molecule has 0 aliphatic carbocycles. The van der Waals surface area contributed by atoms with E-state index < -0.39 is 0 Å². The fourth-order valence-corrected chi connectivity index (χ4v) is 5.80. The molecule has 2 atom stereocenters. The molecule has 0 N–H and O–H groups in total. The summed E-state index contributed by atoms with van der Waals surface area (Å²) >= 11 is 2.12. The summed E-state index contributed by atoms with van der Waals surface area (Å²) in [5, 5.41) is 0. The second-order valence-corrected chi connectivity index (χ2v) is 9.02. The number of halogens is 1. The lowest BCUT2D eigenvalue weighted by Gasteiger charge is -2.49. The quantitative estimate of drug-likeness (QED) is 0.620. The zero-order chi connectivity index (χ0) is 19.6. The second-order valence-electron chi connectivity index (χ2n) is 7.94. The standard InChI is InChI=1S/C21H22IN3O3/c1-21-15-9-8-14-16(22)18(26)19(28-12-13-6-4-3-5-7-13)17(25(14)15)20(27)24(21)11-10-23(21)2/h3-7,15H,8-12H2,1-2H3. The summed E-state index contributed by atoms with van der Waals surface area (Å²) in [4.78, 5) is 30.8. The van der Waals surface area contributed by atoms with Crippen molar-refractivity contribution in [2.75, 3.05) is 20.1 Å². The Labute approximate surface area is 177 Å². The van der Waals surface area contributed by atoms with E-state index in [-0.39, 0.29) is 35.4 Å². The van der Waals surface area contributed by atoms with Crippen molar-refractivity contribution < 1.29 is 9.53 Å². The van der Waals surface area contributed by atoms with Gasteiger partial charge in [0.15, 0.2) is 11.4 Å². The number of carbonyl (C=O) groups is 1. The van der Waals surface area contributed by atoms with Crippen LogP contribution in [0.1, 0.15) is 41.1 Å². The fraction of sp³-hybridized carbons (Fsp3) is 0.429. The number of fused-ring (bicyclic) bond motifs is 2. The molecule has 1 saturated heterocycles. The topological polar surface area (TPSA) is 54.8 Å². The number of pyridine rings is 1. The largest absolute Gasteiger partial charge is 0.483 e. The van der Waals surface area contributed by atoms with Gasteiger partial charge in [-0.15, -0.1) is 0 Å². The molecule has 1 aromatic heterocycles. The summed E-state index contributed by atoms with van der Waals surface area (Å²) in [6.45, 7) is 3.93. The molecule has 0 bridgehead atoms. The molecule has 3 aliphatic heterocycles. The highest BCUT2D eigenvalue weighted by Gasteiger charge is 2.57. The highest BCUT2D eigenvalue weighted by atomic mass is 127. The number of hydrogen-bond donors (Lipinski definition) is 0. The van der Waals surface area contributed by atoms with Gasteiger partial charge in [-0.1, -0.05) is 30.3 Å². The van der Waals surface area contributed by atoms with E-state index in [0.29, 0.717) is 15.8 Å². The van der Waals surface area contributed by atoms with Crippen LogP contribution in [0.2, 0.25) is 0 Å². The van der Waals surface area contributed by atoms with Gasteiger partial charge in [0.2, 0.25) is 5.43 Å². The zero-order valence-corrected chi connectivity index (χ0v) is 18.1. The van der Waals surface area contributed by atoms with Crippen molar-refractivity contribution in [3.8, 4) is 5.75 Å².